The van der Waals surface area contributed by atoms with Gasteiger partial charge in [0.15, 0.2) is 12.4 Å². The van der Waals surface area contributed by atoms with E-state index in [0.29, 0.717) is 34.6 Å². The molecule has 0 aromatic heterocycles. The maximum atomic E-state index is 13.2. The second-order valence-corrected chi connectivity index (χ2v) is 9.10. The van der Waals surface area contributed by atoms with Gasteiger partial charge in [0.1, 0.15) is 11.5 Å². The van der Waals surface area contributed by atoms with Crippen LogP contribution in [0.3, 0.4) is 0 Å². The minimum absolute atomic E-state index is 0.0772. The fourth-order valence-electron chi connectivity index (χ4n) is 5.93. The van der Waals surface area contributed by atoms with E-state index in [1.165, 1.54) is 4.90 Å². The molecule has 6 nitrogen and oxygen atoms in total. The van der Waals surface area contributed by atoms with E-state index in [1.807, 2.05) is 0 Å². The molecule has 0 N–H and O–H groups in total. The summed E-state index contributed by atoms with van der Waals surface area (Å²) in [5, 5.41) is 0. The Hall–Kier alpha value is -3.41. The first kappa shape index (κ1) is 19.3. The molecule has 6 atom stereocenters. The molecule has 0 radical (unpaired) electrons. The molecule has 2 bridgehead atoms. The van der Waals surface area contributed by atoms with Gasteiger partial charge in [-0.2, -0.15) is 0 Å². The molecular formula is C26H23NO5. The molecule has 2 aromatic rings. The van der Waals surface area contributed by atoms with E-state index < -0.39 is 0 Å². The molecule has 1 aliphatic heterocycles. The Kier molecular flexibility index (Phi) is 4.25. The number of Topliss-reactive ketones (excluding diaryl/α,β-unsaturated/α-hetero) is 1. The normalized spacial score (nSPS) is 31.3. The summed E-state index contributed by atoms with van der Waals surface area (Å²) in [5.74, 6) is 1.97. The number of nitrogens with zero attached hydrogens (tertiary/aromatic N) is 1. The van der Waals surface area contributed by atoms with Crippen LogP contribution in [0.15, 0.2) is 60.7 Å². The molecule has 0 spiro atoms. The summed E-state index contributed by atoms with van der Waals surface area (Å²) in [7, 11) is 1.55. The van der Waals surface area contributed by atoms with E-state index in [2.05, 4.69) is 12.2 Å². The van der Waals surface area contributed by atoms with Crippen molar-refractivity contribution in [3.05, 3.63) is 66.2 Å². The highest BCUT2D eigenvalue weighted by Crippen LogP contribution is 2.65. The highest BCUT2D eigenvalue weighted by Gasteiger charge is 2.67. The van der Waals surface area contributed by atoms with Crippen LogP contribution in [-0.4, -0.2) is 31.3 Å². The van der Waals surface area contributed by atoms with Gasteiger partial charge >= 0.3 is 0 Å². The Morgan fingerprint density at radius 1 is 0.938 bits per heavy atom. The molecule has 7 rings (SSSR count). The van der Waals surface area contributed by atoms with Crippen LogP contribution in [0.1, 0.15) is 16.8 Å². The number of hydrogen-bond donors (Lipinski definition) is 0. The summed E-state index contributed by atoms with van der Waals surface area (Å²) in [5.41, 5.74) is 1.08. The minimum atomic E-state index is -0.210. The van der Waals surface area contributed by atoms with Gasteiger partial charge in [-0.05, 0) is 66.5 Å². The third-order valence-electron chi connectivity index (χ3n) is 7.52. The number of hydrogen-bond acceptors (Lipinski definition) is 5. The van der Waals surface area contributed by atoms with Crippen molar-refractivity contribution >= 4 is 23.3 Å². The quantitative estimate of drug-likeness (QED) is 0.399. The number of allylic oxidation sites excluding steroid dienone is 2. The Labute approximate surface area is 185 Å². The van der Waals surface area contributed by atoms with Gasteiger partial charge in [-0.25, -0.2) is 0 Å². The zero-order valence-corrected chi connectivity index (χ0v) is 17.6. The van der Waals surface area contributed by atoms with Crippen molar-refractivity contribution in [1.29, 1.82) is 0 Å². The van der Waals surface area contributed by atoms with E-state index >= 15 is 0 Å². The van der Waals surface area contributed by atoms with Crippen molar-refractivity contribution in [2.24, 2.45) is 35.5 Å². The number of imide groups is 1. The average molecular weight is 429 g/mol. The van der Waals surface area contributed by atoms with Crippen molar-refractivity contribution in [2.75, 3.05) is 18.6 Å². The lowest BCUT2D eigenvalue weighted by molar-refractivity contribution is -0.124. The number of carbonyl (C=O) groups is 3. The minimum Gasteiger partial charge on any atom is -0.497 e. The Bertz CT molecular complexity index is 1120. The van der Waals surface area contributed by atoms with Gasteiger partial charge < -0.3 is 9.47 Å². The molecule has 2 amide bonds. The number of rotatable bonds is 6. The third kappa shape index (κ3) is 2.82. The van der Waals surface area contributed by atoms with Crippen LogP contribution >= 0.6 is 0 Å². The summed E-state index contributed by atoms with van der Waals surface area (Å²) < 4.78 is 10.8. The number of ether oxygens (including phenoxy) is 2. The molecule has 32 heavy (non-hydrogen) atoms. The number of amides is 2. The summed E-state index contributed by atoms with van der Waals surface area (Å²) in [4.78, 5) is 40.2. The lowest BCUT2D eigenvalue weighted by atomic mass is 9.63. The van der Waals surface area contributed by atoms with Gasteiger partial charge in [0.2, 0.25) is 11.8 Å². The molecule has 162 valence electrons. The fourth-order valence-corrected chi connectivity index (χ4v) is 5.93. The Morgan fingerprint density at radius 3 is 2.22 bits per heavy atom. The molecule has 3 fully saturated rings. The van der Waals surface area contributed by atoms with Gasteiger partial charge in [0.05, 0.1) is 24.6 Å². The maximum absolute atomic E-state index is 13.2. The number of benzene rings is 2. The second kappa shape index (κ2) is 7.05. The van der Waals surface area contributed by atoms with Gasteiger partial charge in [0.25, 0.3) is 0 Å². The van der Waals surface area contributed by atoms with E-state index in [-0.39, 0.29) is 47.9 Å². The maximum Gasteiger partial charge on any atom is 0.238 e. The smallest absolute Gasteiger partial charge is 0.238 e. The van der Waals surface area contributed by atoms with Gasteiger partial charge in [-0.3, -0.25) is 19.3 Å². The molecule has 4 aliphatic carbocycles. The van der Waals surface area contributed by atoms with Crippen molar-refractivity contribution in [1.82, 2.24) is 0 Å². The first-order valence-electron chi connectivity index (χ1n) is 11.0. The first-order valence-corrected chi connectivity index (χ1v) is 11.0. The topological polar surface area (TPSA) is 72.9 Å². The summed E-state index contributed by atoms with van der Waals surface area (Å²) >= 11 is 0. The highest BCUT2D eigenvalue weighted by atomic mass is 16.5. The van der Waals surface area contributed by atoms with Crippen LogP contribution in [-0.2, 0) is 9.59 Å². The number of carbonyl (C=O) groups excluding carboxylic acids is 3. The SMILES string of the molecule is COc1cccc(C(=O)COc2ccc(N3C(=O)[C@@H]4[C@@H]5C=C[C@H]([C@H]6C[C@@H]56)[C@@H]4C3=O)cc2)c1. The van der Waals surface area contributed by atoms with Crippen LogP contribution in [0.4, 0.5) is 5.69 Å². The summed E-state index contributed by atoms with van der Waals surface area (Å²) in [6.45, 7) is -0.115. The van der Waals surface area contributed by atoms with Gasteiger partial charge in [-0.1, -0.05) is 24.3 Å². The van der Waals surface area contributed by atoms with Crippen LogP contribution in [0.5, 0.6) is 11.5 Å². The van der Waals surface area contributed by atoms with E-state index in [1.54, 1.807) is 55.6 Å². The number of anilines is 1. The second-order valence-electron chi connectivity index (χ2n) is 9.10. The van der Waals surface area contributed by atoms with Gasteiger partial charge in [0, 0.05) is 5.56 Å². The van der Waals surface area contributed by atoms with Crippen molar-refractivity contribution < 1.29 is 23.9 Å². The zero-order valence-electron chi connectivity index (χ0n) is 17.6. The van der Waals surface area contributed by atoms with Crippen LogP contribution in [0.25, 0.3) is 0 Å². The Morgan fingerprint density at radius 2 is 1.59 bits per heavy atom. The summed E-state index contributed by atoms with van der Waals surface area (Å²) in [6, 6.07) is 13.7. The molecule has 0 unspecified atom stereocenters. The highest BCUT2D eigenvalue weighted by molar-refractivity contribution is 6.22. The van der Waals surface area contributed by atoms with Crippen LogP contribution in [0, 0.1) is 35.5 Å². The largest absolute Gasteiger partial charge is 0.497 e. The first-order chi connectivity index (χ1) is 15.6. The summed E-state index contributed by atoms with van der Waals surface area (Å²) in [6.07, 6.45) is 5.49. The molecular weight excluding hydrogens is 406 g/mol. The number of methoxy groups -OCH3 is 1. The lowest BCUT2D eigenvalue weighted by Gasteiger charge is -2.37. The van der Waals surface area contributed by atoms with Crippen LogP contribution in [0.2, 0.25) is 0 Å². The molecule has 5 aliphatic rings. The predicted octanol–water partition coefficient (Wildman–Crippen LogP) is 3.51. The monoisotopic (exact) mass is 429 g/mol. The van der Waals surface area contributed by atoms with Crippen molar-refractivity contribution in [3.63, 3.8) is 0 Å². The zero-order chi connectivity index (χ0) is 22.0. The lowest BCUT2D eigenvalue weighted by Crippen LogP contribution is -2.40. The van der Waals surface area contributed by atoms with Gasteiger partial charge in [-0.15, -0.1) is 0 Å². The number of ketones is 1. The third-order valence-corrected chi connectivity index (χ3v) is 7.52. The molecule has 2 saturated carbocycles. The molecule has 2 aromatic carbocycles. The van der Waals surface area contributed by atoms with E-state index in [0.717, 1.165) is 6.42 Å². The standard InChI is InChI=1S/C26H23NO5/c1-31-17-4-2-3-14(11-17)22(28)13-32-16-7-5-15(6-8-16)27-25(29)23-18-9-10-19(21-12-20(18)21)24(23)26(27)30/h2-11,18-21,23-24H,12-13H2,1H3/t18-,19-,20-,21+,23+,24-/m1/s1. The molecule has 1 heterocycles. The predicted molar refractivity (Wildman–Crippen MR) is 116 cm³/mol. The molecule has 1 saturated heterocycles. The van der Waals surface area contributed by atoms with E-state index in [4.69, 9.17) is 9.47 Å². The average Bonchev–Trinajstić information content (AvgIpc) is 3.61. The van der Waals surface area contributed by atoms with Crippen LogP contribution < -0.4 is 14.4 Å². The van der Waals surface area contributed by atoms with E-state index in [9.17, 15) is 14.4 Å². The molecule has 6 heteroatoms. The fraction of sp³-hybridized carbons (Fsp3) is 0.346. The Balaban J connectivity index is 1.15. The van der Waals surface area contributed by atoms with Crippen molar-refractivity contribution in [3.8, 4) is 11.5 Å². The van der Waals surface area contributed by atoms with Crippen molar-refractivity contribution in [2.45, 2.75) is 6.42 Å².